The maximum absolute atomic E-state index is 11.7. The van der Waals surface area contributed by atoms with E-state index in [1.165, 1.54) is 6.20 Å². The van der Waals surface area contributed by atoms with Crippen LogP contribution in [0.25, 0.3) is 0 Å². The van der Waals surface area contributed by atoms with Crippen molar-refractivity contribution in [1.29, 1.82) is 0 Å². The standard InChI is InChI=1S/C9H8N4O2S/c14-7-3-1-6(2-4-7)11-9(15)12-8-5-10-13-16-8/h1-5,14H,(H2,11,12,15)/i1D,2D,3D,4D. The zero-order valence-corrected chi connectivity index (χ0v) is 8.55. The first-order chi connectivity index (χ1) is 9.41. The number of nitrogens with zero attached hydrogens (tertiary/aromatic N) is 2. The number of carbonyl (C=O) groups is 1. The molecule has 0 bridgehead atoms. The minimum Gasteiger partial charge on any atom is -0.508 e. The fourth-order valence-corrected chi connectivity index (χ4v) is 1.26. The second-order valence-electron chi connectivity index (χ2n) is 2.58. The molecule has 0 unspecified atom stereocenters. The summed E-state index contributed by atoms with van der Waals surface area (Å²) < 4.78 is 33.6. The highest BCUT2D eigenvalue weighted by Gasteiger charge is 2.03. The van der Waals surface area contributed by atoms with E-state index in [0.29, 0.717) is 5.00 Å². The Hall–Kier alpha value is -2.15. The van der Waals surface area contributed by atoms with Crippen molar-refractivity contribution < 1.29 is 15.4 Å². The topological polar surface area (TPSA) is 87.1 Å². The number of phenolic OH excluding ortho intramolecular Hbond substituents is 1. The number of nitrogens with one attached hydrogen (secondary N) is 2. The molecule has 0 aliphatic rings. The summed E-state index contributed by atoms with van der Waals surface area (Å²) in [4.78, 5) is 11.7. The Morgan fingerprint density at radius 1 is 1.38 bits per heavy atom. The summed E-state index contributed by atoms with van der Waals surface area (Å²) in [6, 6.07) is -3.09. The van der Waals surface area contributed by atoms with E-state index in [2.05, 4.69) is 20.2 Å². The predicted molar refractivity (Wildman–Crippen MR) is 60.7 cm³/mol. The van der Waals surface area contributed by atoms with Gasteiger partial charge in [0.1, 0.15) is 10.8 Å². The number of carbonyl (C=O) groups excluding carboxylic acids is 1. The zero-order chi connectivity index (χ0) is 14.9. The van der Waals surface area contributed by atoms with Crippen molar-refractivity contribution in [2.75, 3.05) is 10.6 Å². The van der Waals surface area contributed by atoms with Gasteiger partial charge >= 0.3 is 6.03 Å². The van der Waals surface area contributed by atoms with E-state index in [1.807, 2.05) is 0 Å². The van der Waals surface area contributed by atoms with E-state index in [1.54, 1.807) is 0 Å². The van der Waals surface area contributed by atoms with E-state index in [-0.39, 0.29) is 5.69 Å². The van der Waals surface area contributed by atoms with Crippen LogP contribution in [0, 0.1) is 0 Å². The summed E-state index contributed by atoms with van der Waals surface area (Å²) in [5.41, 5.74) is -0.326. The molecule has 2 rings (SSSR count). The molecule has 2 amide bonds. The molecule has 7 heteroatoms. The van der Waals surface area contributed by atoms with Crippen LogP contribution < -0.4 is 10.6 Å². The first-order valence-electron chi connectivity index (χ1n) is 6.06. The molecule has 0 atom stereocenters. The average molecular weight is 240 g/mol. The Kier molecular flexibility index (Phi) is 1.84. The quantitative estimate of drug-likeness (QED) is 0.699. The Morgan fingerprint density at radius 3 is 2.75 bits per heavy atom. The van der Waals surface area contributed by atoms with E-state index in [4.69, 9.17) is 5.48 Å². The summed E-state index contributed by atoms with van der Waals surface area (Å²) >= 11 is 0.938. The highest BCUT2D eigenvalue weighted by atomic mass is 32.1. The predicted octanol–water partition coefficient (Wildman–Crippen LogP) is 1.89. The van der Waals surface area contributed by atoms with Crippen LogP contribution in [0.3, 0.4) is 0 Å². The molecule has 0 saturated carbocycles. The van der Waals surface area contributed by atoms with Gasteiger partial charge in [-0.15, -0.1) is 5.10 Å². The van der Waals surface area contributed by atoms with Crippen LogP contribution in [0.4, 0.5) is 15.5 Å². The second kappa shape index (κ2) is 4.58. The van der Waals surface area contributed by atoms with Gasteiger partial charge in [0.2, 0.25) is 0 Å². The van der Waals surface area contributed by atoms with Gasteiger partial charge in [0.15, 0.2) is 0 Å². The summed E-state index contributed by atoms with van der Waals surface area (Å²) in [5.74, 6) is -0.766. The van der Waals surface area contributed by atoms with Crippen molar-refractivity contribution >= 4 is 28.3 Å². The van der Waals surface area contributed by atoms with Gasteiger partial charge in [-0.1, -0.05) is 4.49 Å². The minimum atomic E-state index is -0.766. The van der Waals surface area contributed by atoms with Gasteiger partial charge in [0, 0.05) is 17.2 Å². The first kappa shape index (κ1) is 6.44. The van der Waals surface area contributed by atoms with Crippen molar-refractivity contribution in [2.45, 2.75) is 0 Å². The third-order valence-corrected chi connectivity index (χ3v) is 2.03. The minimum absolute atomic E-state index is 0.326. The fraction of sp³-hybridized carbons (Fsp3) is 0. The van der Waals surface area contributed by atoms with Crippen LogP contribution in [0.1, 0.15) is 5.48 Å². The Balaban J connectivity index is 2.27. The number of amides is 2. The lowest BCUT2D eigenvalue weighted by atomic mass is 10.3. The molecule has 2 aromatic rings. The van der Waals surface area contributed by atoms with E-state index >= 15 is 0 Å². The lowest BCUT2D eigenvalue weighted by Crippen LogP contribution is -2.18. The van der Waals surface area contributed by atoms with Gasteiger partial charge in [0.05, 0.1) is 11.7 Å². The molecule has 1 heterocycles. The van der Waals surface area contributed by atoms with Crippen molar-refractivity contribution in [3.63, 3.8) is 0 Å². The summed E-state index contributed by atoms with van der Waals surface area (Å²) in [6.07, 6.45) is 1.32. The van der Waals surface area contributed by atoms with Gasteiger partial charge < -0.3 is 10.4 Å². The number of hydrogen-bond donors (Lipinski definition) is 3. The monoisotopic (exact) mass is 240 g/mol. The normalized spacial score (nSPS) is 13.2. The molecular formula is C9H8N4O2S. The van der Waals surface area contributed by atoms with Gasteiger partial charge in [-0.2, -0.15) is 0 Å². The largest absolute Gasteiger partial charge is 0.508 e. The van der Waals surface area contributed by atoms with Crippen LogP contribution >= 0.6 is 11.5 Å². The molecule has 1 aromatic carbocycles. The van der Waals surface area contributed by atoms with Gasteiger partial charge in [-0.25, -0.2) is 4.79 Å². The average Bonchev–Trinajstić information content (AvgIpc) is 2.92. The smallest absolute Gasteiger partial charge is 0.324 e. The molecule has 1 aromatic heterocycles. The maximum atomic E-state index is 11.7. The fourth-order valence-electron chi connectivity index (χ4n) is 0.847. The summed E-state index contributed by atoms with van der Waals surface area (Å²) in [7, 11) is 0. The lowest BCUT2D eigenvalue weighted by molar-refractivity contribution is 0.262. The first-order valence-corrected chi connectivity index (χ1v) is 4.83. The second-order valence-corrected chi connectivity index (χ2v) is 3.37. The molecule has 0 saturated heterocycles. The molecule has 3 N–H and O–H groups in total. The molecular weight excluding hydrogens is 228 g/mol. The molecule has 0 spiro atoms. The van der Waals surface area contributed by atoms with Gasteiger partial charge in [-0.05, 0) is 24.2 Å². The third-order valence-electron chi connectivity index (χ3n) is 1.45. The Morgan fingerprint density at radius 2 is 2.12 bits per heavy atom. The summed E-state index contributed by atoms with van der Waals surface area (Å²) in [6.45, 7) is 0. The van der Waals surface area contributed by atoms with Crippen LogP contribution in [-0.2, 0) is 0 Å². The van der Waals surface area contributed by atoms with Gasteiger partial charge in [0.25, 0.3) is 0 Å². The lowest BCUT2D eigenvalue weighted by Gasteiger charge is -2.04. The van der Waals surface area contributed by atoms with Crippen molar-refractivity contribution in [3.05, 3.63) is 30.4 Å². The number of rotatable bonds is 2. The third kappa shape index (κ3) is 2.67. The Labute approximate surface area is 101 Å². The highest BCUT2D eigenvalue weighted by molar-refractivity contribution is 7.10. The van der Waals surface area contributed by atoms with Gasteiger partial charge in [-0.3, -0.25) is 5.32 Å². The highest BCUT2D eigenvalue weighted by Crippen LogP contribution is 2.14. The number of aromatic nitrogens is 2. The van der Waals surface area contributed by atoms with Crippen molar-refractivity contribution in [3.8, 4) is 5.75 Å². The number of benzene rings is 1. The number of urea groups is 1. The maximum Gasteiger partial charge on any atom is 0.324 e. The van der Waals surface area contributed by atoms with E-state index in [0.717, 1.165) is 11.5 Å². The zero-order valence-electron chi connectivity index (χ0n) is 11.7. The number of hydrogen-bond acceptors (Lipinski definition) is 5. The molecule has 0 radical (unpaired) electrons. The van der Waals surface area contributed by atoms with Crippen LogP contribution in [0.15, 0.2) is 30.4 Å². The molecule has 6 nitrogen and oxygen atoms in total. The van der Waals surface area contributed by atoms with Crippen LogP contribution in [-0.4, -0.2) is 20.7 Å². The van der Waals surface area contributed by atoms with Crippen LogP contribution in [0.2, 0.25) is 0 Å². The van der Waals surface area contributed by atoms with Crippen molar-refractivity contribution in [2.24, 2.45) is 0 Å². The molecule has 0 aliphatic heterocycles. The van der Waals surface area contributed by atoms with E-state index < -0.39 is 36.0 Å². The van der Waals surface area contributed by atoms with E-state index in [9.17, 15) is 9.90 Å². The number of anilines is 2. The summed E-state index contributed by atoms with van der Waals surface area (Å²) in [5, 5.41) is 17.8. The Bertz CT molecular complexity index is 635. The molecule has 0 aliphatic carbocycles. The number of phenols is 1. The SMILES string of the molecule is [2H]c1c([2H])c(NC(=O)Nc2cnns2)c([2H])c([2H])c1O. The molecule has 16 heavy (non-hydrogen) atoms. The number of aromatic hydroxyl groups is 1. The molecule has 0 fully saturated rings. The molecule has 82 valence electrons. The van der Waals surface area contributed by atoms with Crippen molar-refractivity contribution in [1.82, 2.24) is 9.59 Å². The van der Waals surface area contributed by atoms with Crippen LogP contribution in [0.5, 0.6) is 5.75 Å².